The fourth-order valence-corrected chi connectivity index (χ4v) is 3.70. The molecule has 0 bridgehead atoms. The Hall–Kier alpha value is -1.90. The zero-order chi connectivity index (χ0) is 15.7. The fraction of sp³-hybridized carbons (Fsp3) is 0.562. The van der Waals surface area contributed by atoms with E-state index in [-0.39, 0.29) is 6.04 Å². The van der Waals surface area contributed by atoms with Gasteiger partial charge in [0.2, 0.25) is 0 Å². The van der Waals surface area contributed by atoms with E-state index in [0.29, 0.717) is 17.5 Å². The van der Waals surface area contributed by atoms with Crippen LogP contribution < -0.4 is 5.32 Å². The number of likely N-dealkylation sites (tertiary alicyclic amines) is 1. The van der Waals surface area contributed by atoms with Crippen LogP contribution in [0.1, 0.15) is 24.8 Å². The third kappa shape index (κ3) is 2.99. The summed E-state index contributed by atoms with van der Waals surface area (Å²) >= 11 is 0. The van der Waals surface area contributed by atoms with E-state index < -0.39 is 11.7 Å². The van der Waals surface area contributed by atoms with Crippen LogP contribution in [0.5, 0.6) is 0 Å². The molecule has 3 unspecified atom stereocenters. The number of hydrogen-bond donors (Lipinski definition) is 1. The molecule has 0 amide bonds. The van der Waals surface area contributed by atoms with Gasteiger partial charge in [0.15, 0.2) is 6.19 Å². The molecule has 0 radical (unpaired) electrons. The van der Waals surface area contributed by atoms with Crippen LogP contribution in [0, 0.1) is 23.3 Å². The second kappa shape index (κ2) is 5.71. The highest BCUT2D eigenvalue weighted by molar-refractivity contribution is 5.46. The highest BCUT2D eigenvalue weighted by Gasteiger charge is 2.40. The maximum atomic E-state index is 12.6. The first-order valence-corrected chi connectivity index (χ1v) is 7.56. The SMILES string of the molecule is N#CN1CC2CCCC(Nc3ccc(C(F)(F)F)cc3)C2C1. The lowest BCUT2D eigenvalue weighted by molar-refractivity contribution is -0.137. The summed E-state index contributed by atoms with van der Waals surface area (Å²) in [5.41, 5.74) is 0.0881. The van der Waals surface area contributed by atoms with Crippen LogP contribution in [0.4, 0.5) is 18.9 Å². The van der Waals surface area contributed by atoms with Gasteiger partial charge < -0.3 is 10.2 Å². The predicted molar refractivity (Wildman–Crippen MR) is 76.9 cm³/mol. The Morgan fingerprint density at radius 1 is 1.14 bits per heavy atom. The molecule has 6 heteroatoms. The Bertz CT molecular complexity index is 561. The third-order valence-electron chi connectivity index (χ3n) is 4.80. The highest BCUT2D eigenvalue weighted by Crippen LogP contribution is 2.38. The number of halogens is 3. The number of nitriles is 1. The Labute approximate surface area is 127 Å². The number of benzene rings is 1. The van der Waals surface area contributed by atoms with Gasteiger partial charge in [0.25, 0.3) is 0 Å². The summed E-state index contributed by atoms with van der Waals surface area (Å²) in [4.78, 5) is 1.79. The minimum atomic E-state index is -4.30. The molecule has 1 saturated heterocycles. The summed E-state index contributed by atoms with van der Waals surface area (Å²) < 4.78 is 37.7. The van der Waals surface area contributed by atoms with Crippen LogP contribution in [0.15, 0.2) is 24.3 Å². The van der Waals surface area contributed by atoms with Gasteiger partial charge in [-0.25, -0.2) is 0 Å². The molecular formula is C16H18F3N3. The first-order valence-electron chi connectivity index (χ1n) is 7.56. The van der Waals surface area contributed by atoms with E-state index >= 15 is 0 Å². The van der Waals surface area contributed by atoms with Crippen LogP contribution in [0.2, 0.25) is 0 Å². The number of nitrogens with zero attached hydrogens (tertiary/aromatic N) is 2. The van der Waals surface area contributed by atoms with Crippen molar-refractivity contribution in [3.05, 3.63) is 29.8 Å². The van der Waals surface area contributed by atoms with Crippen molar-refractivity contribution in [2.24, 2.45) is 11.8 Å². The van der Waals surface area contributed by atoms with Crippen molar-refractivity contribution in [1.82, 2.24) is 4.90 Å². The summed E-state index contributed by atoms with van der Waals surface area (Å²) in [6.07, 6.45) is 1.14. The summed E-state index contributed by atoms with van der Waals surface area (Å²) in [7, 11) is 0. The number of anilines is 1. The summed E-state index contributed by atoms with van der Waals surface area (Å²) in [6.45, 7) is 1.56. The molecule has 1 N–H and O–H groups in total. The van der Waals surface area contributed by atoms with E-state index in [1.807, 2.05) is 0 Å². The van der Waals surface area contributed by atoms with Gasteiger partial charge in [0.1, 0.15) is 0 Å². The molecule has 1 saturated carbocycles. The van der Waals surface area contributed by atoms with Crippen molar-refractivity contribution < 1.29 is 13.2 Å². The number of fused-ring (bicyclic) bond motifs is 1. The monoisotopic (exact) mass is 309 g/mol. The van der Waals surface area contributed by atoms with Crippen molar-refractivity contribution in [2.75, 3.05) is 18.4 Å². The Kier molecular flexibility index (Phi) is 3.90. The fourth-order valence-electron chi connectivity index (χ4n) is 3.70. The van der Waals surface area contributed by atoms with Crippen LogP contribution in [-0.2, 0) is 6.18 Å². The molecule has 3 nitrogen and oxygen atoms in total. The van der Waals surface area contributed by atoms with Gasteiger partial charge in [-0.15, -0.1) is 0 Å². The molecule has 0 aromatic heterocycles. The van der Waals surface area contributed by atoms with E-state index in [4.69, 9.17) is 5.26 Å². The molecule has 2 aliphatic rings. The highest BCUT2D eigenvalue weighted by atomic mass is 19.4. The average molecular weight is 309 g/mol. The minimum Gasteiger partial charge on any atom is -0.382 e. The molecule has 3 atom stereocenters. The topological polar surface area (TPSA) is 39.1 Å². The van der Waals surface area contributed by atoms with Crippen LogP contribution in [0.3, 0.4) is 0 Å². The molecule has 118 valence electrons. The normalized spacial score (nSPS) is 28.1. The van der Waals surface area contributed by atoms with Crippen molar-refractivity contribution >= 4 is 5.69 Å². The van der Waals surface area contributed by atoms with Gasteiger partial charge >= 0.3 is 6.18 Å². The van der Waals surface area contributed by atoms with Crippen LogP contribution >= 0.6 is 0 Å². The molecule has 3 rings (SSSR count). The van der Waals surface area contributed by atoms with E-state index in [1.165, 1.54) is 12.1 Å². The minimum absolute atomic E-state index is 0.230. The lowest BCUT2D eigenvalue weighted by Gasteiger charge is -2.34. The van der Waals surface area contributed by atoms with Gasteiger partial charge in [-0.3, -0.25) is 0 Å². The second-order valence-corrected chi connectivity index (χ2v) is 6.19. The van der Waals surface area contributed by atoms with E-state index in [1.54, 1.807) is 4.90 Å². The van der Waals surface area contributed by atoms with Gasteiger partial charge in [0, 0.05) is 30.7 Å². The van der Waals surface area contributed by atoms with Crippen molar-refractivity contribution in [1.29, 1.82) is 5.26 Å². The predicted octanol–water partition coefficient (Wildman–Crippen LogP) is 3.70. The van der Waals surface area contributed by atoms with E-state index in [2.05, 4.69) is 11.5 Å². The zero-order valence-electron chi connectivity index (χ0n) is 12.1. The van der Waals surface area contributed by atoms with Gasteiger partial charge in [-0.1, -0.05) is 6.42 Å². The molecule has 1 aliphatic heterocycles. The summed E-state index contributed by atoms with van der Waals surface area (Å²) in [5, 5.41) is 12.4. The Morgan fingerprint density at radius 2 is 1.86 bits per heavy atom. The van der Waals surface area contributed by atoms with Crippen molar-refractivity contribution in [3.63, 3.8) is 0 Å². The maximum Gasteiger partial charge on any atom is 0.416 e. The molecule has 1 aromatic carbocycles. The second-order valence-electron chi connectivity index (χ2n) is 6.19. The molecule has 22 heavy (non-hydrogen) atoms. The van der Waals surface area contributed by atoms with Crippen LogP contribution in [0.25, 0.3) is 0 Å². The van der Waals surface area contributed by atoms with Gasteiger partial charge in [-0.2, -0.15) is 18.4 Å². The first-order chi connectivity index (χ1) is 10.5. The quantitative estimate of drug-likeness (QED) is 0.847. The number of hydrogen-bond acceptors (Lipinski definition) is 3. The third-order valence-corrected chi connectivity index (χ3v) is 4.80. The standard InChI is InChI=1S/C16H18F3N3/c17-16(18,19)12-4-6-13(7-5-12)21-15-3-1-2-11-8-22(10-20)9-14(11)15/h4-7,11,14-15,21H,1-3,8-9H2. The molecule has 1 aromatic rings. The number of alkyl halides is 3. The summed E-state index contributed by atoms with van der Waals surface area (Å²) in [5.74, 6) is 0.913. The number of rotatable bonds is 2. The molecular weight excluding hydrogens is 291 g/mol. The lowest BCUT2D eigenvalue weighted by Crippen LogP contribution is -2.37. The van der Waals surface area contributed by atoms with E-state index in [9.17, 15) is 13.2 Å². The zero-order valence-corrected chi connectivity index (χ0v) is 12.1. The molecule has 1 aliphatic carbocycles. The van der Waals surface area contributed by atoms with Crippen molar-refractivity contribution in [2.45, 2.75) is 31.5 Å². The smallest absolute Gasteiger partial charge is 0.382 e. The van der Waals surface area contributed by atoms with E-state index in [0.717, 1.165) is 44.5 Å². The van der Waals surface area contributed by atoms with Gasteiger partial charge in [-0.05, 0) is 43.0 Å². The van der Waals surface area contributed by atoms with Crippen molar-refractivity contribution in [3.8, 4) is 6.19 Å². The molecule has 0 spiro atoms. The largest absolute Gasteiger partial charge is 0.416 e. The Morgan fingerprint density at radius 3 is 2.50 bits per heavy atom. The Balaban J connectivity index is 1.69. The molecule has 1 heterocycles. The molecule has 2 fully saturated rings. The average Bonchev–Trinajstić information content (AvgIpc) is 2.91. The van der Waals surface area contributed by atoms with Gasteiger partial charge in [0.05, 0.1) is 5.56 Å². The first kappa shape index (κ1) is 15.0. The maximum absolute atomic E-state index is 12.6. The summed E-state index contributed by atoms with van der Waals surface area (Å²) in [6, 6.07) is 5.43. The number of nitrogens with one attached hydrogen (secondary N) is 1. The lowest BCUT2D eigenvalue weighted by atomic mass is 9.78. The van der Waals surface area contributed by atoms with Crippen LogP contribution in [-0.4, -0.2) is 24.0 Å².